The number of rotatable bonds is 5. The molecule has 0 aliphatic rings. The number of benzene rings is 2. The van der Waals surface area contributed by atoms with Gasteiger partial charge in [-0.3, -0.25) is 0 Å². The van der Waals surface area contributed by atoms with Crippen LogP contribution in [0.2, 0.25) is 0 Å². The van der Waals surface area contributed by atoms with E-state index in [2.05, 4.69) is 11.8 Å². The molecule has 0 amide bonds. The molecular weight excluding hydrogens is 272 g/mol. The predicted octanol–water partition coefficient (Wildman–Crippen LogP) is 3.84. The number of hydrogen-bond donors (Lipinski definition) is 0. The summed E-state index contributed by atoms with van der Waals surface area (Å²) in [6.07, 6.45) is 11.5. The van der Waals surface area contributed by atoms with Crippen molar-refractivity contribution in [3.05, 3.63) is 59.7 Å². The van der Waals surface area contributed by atoms with Gasteiger partial charge in [0, 0.05) is 0 Å². The van der Waals surface area contributed by atoms with Gasteiger partial charge in [0.05, 0.1) is 26.1 Å². The van der Waals surface area contributed by atoms with Gasteiger partial charge in [-0.25, -0.2) is 0 Å². The first-order chi connectivity index (χ1) is 10.7. The molecule has 0 unspecified atom stereocenters. The van der Waals surface area contributed by atoms with Gasteiger partial charge in [-0.1, -0.05) is 36.1 Å². The Kier molecular flexibility index (Phi) is 5.12. The quantitative estimate of drug-likeness (QED) is 0.779. The van der Waals surface area contributed by atoms with Crippen LogP contribution in [-0.2, 0) is 0 Å². The predicted molar refractivity (Wildman–Crippen MR) is 89.1 cm³/mol. The van der Waals surface area contributed by atoms with E-state index in [9.17, 15) is 0 Å². The van der Waals surface area contributed by atoms with E-state index in [1.54, 1.807) is 14.2 Å². The molecular formula is C20H18O2. The second-order valence-corrected chi connectivity index (χ2v) is 4.83. The first-order valence-corrected chi connectivity index (χ1v) is 6.93. The Balaban J connectivity index is 2.33. The van der Waals surface area contributed by atoms with Crippen LogP contribution in [-0.4, -0.2) is 14.2 Å². The van der Waals surface area contributed by atoms with Gasteiger partial charge >= 0.3 is 0 Å². The maximum absolute atomic E-state index is 5.74. The smallest absolute Gasteiger partial charge is 0.118 e. The fourth-order valence-corrected chi connectivity index (χ4v) is 2.39. The van der Waals surface area contributed by atoms with Gasteiger partial charge in [0.25, 0.3) is 0 Å². The molecule has 2 atom stereocenters. The van der Waals surface area contributed by atoms with Crippen LogP contribution >= 0.6 is 0 Å². The zero-order valence-corrected chi connectivity index (χ0v) is 12.7. The molecule has 0 aliphatic carbocycles. The summed E-state index contributed by atoms with van der Waals surface area (Å²) in [5.74, 6) is 6.84. The minimum absolute atomic E-state index is 0.190. The Morgan fingerprint density at radius 2 is 1.00 bits per heavy atom. The summed E-state index contributed by atoms with van der Waals surface area (Å²) in [6.45, 7) is 0. The van der Waals surface area contributed by atoms with Gasteiger partial charge in [-0.2, -0.15) is 0 Å². The van der Waals surface area contributed by atoms with E-state index in [0.717, 1.165) is 22.6 Å². The highest BCUT2D eigenvalue weighted by Gasteiger charge is 2.21. The molecule has 0 saturated heterocycles. The molecule has 2 aromatic carbocycles. The summed E-state index contributed by atoms with van der Waals surface area (Å²) in [5.41, 5.74) is 2.00. The fourth-order valence-electron chi connectivity index (χ4n) is 2.39. The van der Waals surface area contributed by atoms with Crippen LogP contribution in [0.5, 0.6) is 11.5 Å². The van der Waals surface area contributed by atoms with Gasteiger partial charge < -0.3 is 9.47 Å². The first kappa shape index (κ1) is 15.5. The molecule has 2 nitrogen and oxygen atoms in total. The van der Waals surface area contributed by atoms with Crippen LogP contribution in [0, 0.1) is 24.7 Å². The van der Waals surface area contributed by atoms with Crippen molar-refractivity contribution < 1.29 is 9.47 Å². The van der Waals surface area contributed by atoms with Crippen molar-refractivity contribution >= 4 is 0 Å². The molecule has 0 bridgehead atoms. The molecule has 0 spiro atoms. The highest BCUT2D eigenvalue weighted by Crippen LogP contribution is 2.33. The van der Waals surface area contributed by atoms with E-state index in [1.807, 2.05) is 48.5 Å². The number of terminal acetylenes is 2. The Hall–Kier alpha value is -2.84. The highest BCUT2D eigenvalue weighted by molar-refractivity contribution is 5.42. The van der Waals surface area contributed by atoms with Crippen molar-refractivity contribution in [2.45, 2.75) is 11.8 Å². The van der Waals surface area contributed by atoms with Gasteiger partial charge in [-0.05, 0) is 35.4 Å². The Morgan fingerprint density at radius 1 is 0.682 bits per heavy atom. The lowest BCUT2D eigenvalue weighted by Gasteiger charge is -2.19. The maximum Gasteiger partial charge on any atom is 0.118 e. The molecule has 22 heavy (non-hydrogen) atoms. The van der Waals surface area contributed by atoms with Crippen molar-refractivity contribution in [1.29, 1.82) is 0 Å². The van der Waals surface area contributed by atoms with E-state index < -0.39 is 0 Å². The van der Waals surface area contributed by atoms with Gasteiger partial charge in [-0.15, -0.1) is 12.8 Å². The van der Waals surface area contributed by atoms with E-state index in [4.69, 9.17) is 22.3 Å². The average Bonchev–Trinajstić information content (AvgIpc) is 2.60. The summed E-state index contributed by atoms with van der Waals surface area (Å²) >= 11 is 0. The highest BCUT2D eigenvalue weighted by atomic mass is 16.5. The Bertz CT molecular complexity index is 621. The third-order valence-electron chi connectivity index (χ3n) is 3.64. The second kappa shape index (κ2) is 7.25. The molecule has 110 valence electrons. The average molecular weight is 290 g/mol. The lowest BCUT2D eigenvalue weighted by molar-refractivity contribution is 0.414. The van der Waals surface area contributed by atoms with Crippen molar-refractivity contribution in [3.8, 4) is 36.2 Å². The first-order valence-electron chi connectivity index (χ1n) is 6.93. The molecule has 0 fully saturated rings. The van der Waals surface area contributed by atoms with Gasteiger partial charge in [0.1, 0.15) is 11.5 Å². The zero-order chi connectivity index (χ0) is 15.9. The number of hydrogen-bond acceptors (Lipinski definition) is 2. The van der Waals surface area contributed by atoms with Crippen LogP contribution in [0.25, 0.3) is 0 Å². The van der Waals surface area contributed by atoms with Crippen molar-refractivity contribution in [2.24, 2.45) is 0 Å². The third kappa shape index (κ3) is 3.25. The number of methoxy groups -OCH3 is 2. The van der Waals surface area contributed by atoms with Gasteiger partial charge in [0.2, 0.25) is 0 Å². The van der Waals surface area contributed by atoms with Gasteiger partial charge in [0.15, 0.2) is 0 Å². The molecule has 0 radical (unpaired) electrons. The third-order valence-corrected chi connectivity index (χ3v) is 3.64. The minimum Gasteiger partial charge on any atom is -0.497 e. The monoisotopic (exact) mass is 290 g/mol. The largest absolute Gasteiger partial charge is 0.497 e. The molecule has 0 aliphatic heterocycles. The summed E-state index contributed by atoms with van der Waals surface area (Å²) in [7, 11) is 3.27. The summed E-state index contributed by atoms with van der Waals surface area (Å²) < 4.78 is 10.3. The van der Waals surface area contributed by atoms with E-state index in [1.165, 1.54) is 0 Å². The van der Waals surface area contributed by atoms with E-state index in [-0.39, 0.29) is 11.8 Å². The minimum atomic E-state index is -0.190. The summed E-state index contributed by atoms with van der Waals surface area (Å²) in [6, 6.07) is 15.4. The van der Waals surface area contributed by atoms with Crippen molar-refractivity contribution in [2.75, 3.05) is 14.2 Å². The normalized spacial score (nSPS) is 12.5. The molecule has 0 heterocycles. The lowest BCUT2D eigenvalue weighted by Crippen LogP contribution is -2.08. The zero-order valence-electron chi connectivity index (χ0n) is 12.7. The Labute approximate surface area is 132 Å². The molecule has 0 aromatic heterocycles. The van der Waals surface area contributed by atoms with Crippen LogP contribution in [0.4, 0.5) is 0 Å². The molecule has 0 N–H and O–H groups in total. The topological polar surface area (TPSA) is 18.5 Å². The SMILES string of the molecule is C#C[C@@H](c1ccc(OC)cc1)[C@@H](C#C)c1ccc(OC)cc1. The van der Waals surface area contributed by atoms with Crippen LogP contribution in [0.3, 0.4) is 0 Å². The summed E-state index contributed by atoms with van der Waals surface area (Å²) in [5, 5.41) is 0. The van der Waals surface area contributed by atoms with Crippen LogP contribution in [0.15, 0.2) is 48.5 Å². The van der Waals surface area contributed by atoms with Crippen LogP contribution < -0.4 is 9.47 Å². The molecule has 2 heteroatoms. The van der Waals surface area contributed by atoms with Crippen LogP contribution in [0.1, 0.15) is 23.0 Å². The molecule has 2 aromatic rings. The lowest BCUT2D eigenvalue weighted by atomic mass is 9.82. The fraction of sp³-hybridized carbons (Fsp3) is 0.200. The van der Waals surface area contributed by atoms with Crippen molar-refractivity contribution in [3.63, 3.8) is 0 Å². The van der Waals surface area contributed by atoms with Crippen molar-refractivity contribution in [1.82, 2.24) is 0 Å². The number of ether oxygens (including phenoxy) is 2. The second-order valence-electron chi connectivity index (χ2n) is 4.83. The van der Waals surface area contributed by atoms with E-state index >= 15 is 0 Å². The molecule has 0 saturated carbocycles. The molecule has 2 rings (SSSR count). The maximum atomic E-state index is 5.74. The van der Waals surface area contributed by atoms with E-state index in [0.29, 0.717) is 0 Å². The Morgan fingerprint density at radius 3 is 1.23 bits per heavy atom. The summed E-state index contributed by atoms with van der Waals surface area (Å²) in [4.78, 5) is 0. The standard InChI is InChI=1S/C20H18O2/c1-5-19(15-7-11-17(21-3)12-8-15)20(6-2)16-9-13-18(22-4)14-10-16/h1-2,7-14,19-20H,3-4H3/t19-,20-/m0/s1.